The van der Waals surface area contributed by atoms with Gasteiger partial charge in [0.25, 0.3) is 0 Å². The Bertz CT molecular complexity index is 655. The highest BCUT2D eigenvalue weighted by molar-refractivity contribution is 8.01. The lowest BCUT2D eigenvalue weighted by Crippen LogP contribution is -2.54. The summed E-state index contributed by atoms with van der Waals surface area (Å²) in [4.78, 5) is 27.9. The lowest BCUT2D eigenvalue weighted by Gasteiger charge is -2.40. The van der Waals surface area contributed by atoms with Crippen LogP contribution < -0.4 is 4.74 Å². The summed E-state index contributed by atoms with van der Waals surface area (Å²) in [6.07, 6.45) is 0.953. The maximum Gasteiger partial charge on any atom is 0.410 e. The third kappa shape index (κ3) is 5.79. The minimum atomic E-state index is -0.847. The van der Waals surface area contributed by atoms with Crippen molar-refractivity contribution < 1.29 is 23.8 Å². The molecule has 2 rings (SSSR count). The van der Waals surface area contributed by atoms with E-state index in [9.17, 15) is 9.59 Å². The molecule has 27 heavy (non-hydrogen) atoms. The fourth-order valence-corrected chi connectivity index (χ4v) is 4.26. The highest BCUT2D eigenvalue weighted by Crippen LogP contribution is 2.41. The van der Waals surface area contributed by atoms with E-state index in [4.69, 9.17) is 14.2 Å². The molecule has 0 radical (unpaired) electrons. The van der Waals surface area contributed by atoms with Crippen molar-refractivity contribution in [2.24, 2.45) is 0 Å². The number of thioether (sulfide) groups is 1. The van der Waals surface area contributed by atoms with Crippen LogP contribution >= 0.6 is 11.8 Å². The molecule has 1 aromatic rings. The van der Waals surface area contributed by atoms with Gasteiger partial charge >= 0.3 is 12.1 Å². The van der Waals surface area contributed by atoms with Crippen LogP contribution in [0.2, 0.25) is 0 Å². The number of amides is 1. The first-order valence-electron chi connectivity index (χ1n) is 9.17. The highest BCUT2D eigenvalue weighted by atomic mass is 32.2. The Morgan fingerprint density at radius 3 is 2.44 bits per heavy atom. The van der Waals surface area contributed by atoms with Crippen LogP contribution in [0.3, 0.4) is 0 Å². The van der Waals surface area contributed by atoms with Gasteiger partial charge in [0, 0.05) is 18.0 Å². The monoisotopic (exact) mass is 395 g/mol. The van der Waals surface area contributed by atoms with Gasteiger partial charge in [-0.1, -0.05) is 0 Å². The number of carbonyl (C=O) groups excluding carboxylic acids is 2. The van der Waals surface area contributed by atoms with Gasteiger partial charge < -0.3 is 19.1 Å². The lowest BCUT2D eigenvalue weighted by molar-refractivity contribution is -0.147. The molecular formula is C20H29NO5S. The molecule has 1 unspecified atom stereocenters. The molecular weight excluding hydrogens is 366 g/mol. The average Bonchev–Trinajstić information content (AvgIpc) is 2.61. The van der Waals surface area contributed by atoms with E-state index in [1.54, 1.807) is 18.9 Å². The van der Waals surface area contributed by atoms with E-state index in [2.05, 4.69) is 0 Å². The van der Waals surface area contributed by atoms with E-state index in [1.165, 1.54) is 11.8 Å². The maximum atomic E-state index is 12.9. The first-order chi connectivity index (χ1) is 12.7. The molecule has 0 saturated carbocycles. The molecule has 0 bridgehead atoms. The third-order valence-electron chi connectivity index (χ3n) is 4.13. The van der Waals surface area contributed by atoms with Crippen molar-refractivity contribution in [1.29, 1.82) is 0 Å². The number of nitrogens with zero attached hydrogens (tertiary/aromatic N) is 1. The second-order valence-corrected chi connectivity index (χ2v) is 8.95. The van der Waals surface area contributed by atoms with Gasteiger partial charge in [0.1, 0.15) is 16.1 Å². The van der Waals surface area contributed by atoms with Crippen LogP contribution in [-0.2, 0) is 14.3 Å². The molecule has 6 nitrogen and oxygen atoms in total. The SMILES string of the molecule is CCOC(=O)C1(Sc2ccc(OC)cc2)CCCN(C(=O)OC(C)(C)C)C1. The lowest BCUT2D eigenvalue weighted by atomic mass is 9.97. The first-order valence-corrected chi connectivity index (χ1v) is 9.99. The normalized spacial score (nSPS) is 20.1. The second-order valence-electron chi connectivity index (χ2n) is 7.50. The van der Waals surface area contributed by atoms with Gasteiger partial charge in [0.15, 0.2) is 0 Å². The maximum absolute atomic E-state index is 12.9. The molecule has 1 heterocycles. The van der Waals surface area contributed by atoms with Gasteiger partial charge in [0.05, 0.1) is 13.7 Å². The summed E-state index contributed by atoms with van der Waals surface area (Å²) in [7, 11) is 1.61. The van der Waals surface area contributed by atoms with Crippen LogP contribution in [-0.4, -0.2) is 54.1 Å². The predicted molar refractivity (Wildman–Crippen MR) is 105 cm³/mol. The number of rotatable bonds is 5. The molecule has 7 heteroatoms. The molecule has 1 saturated heterocycles. The molecule has 0 spiro atoms. The standard InChI is InChI=1S/C20H29NO5S/c1-6-25-17(22)20(27-16-10-8-15(24-5)9-11-16)12-7-13-21(14-20)18(23)26-19(2,3)4/h8-11H,6-7,12-14H2,1-5H3. The van der Waals surface area contributed by atoms with E-state index in [0.717, 1.165) is 10.6 Å². The van der Waals surface area contributed by atoms with E-state index in [0.29, 0.717) is 26.0 Å². The first kappa shape index (κ1) is 21.4. The quantitative estimate of drug-likeness (QED) is 0.699. The molecule has 1 aliphatic heterocycles. The zero-order chi connectivity index (χ0) is 20.1. The van der Waals surface area contributed by atoms with Gasteiger partial charge in [-0.3, -0.25) is 4.79 Å². The number of carbonyl (C=O) groups is 2. The molecule has 0 aromatic heterocycles. The van der Waals surface area contributed by atoms with Crippen LogP contribution in [0.15, 0.2) is 29.2 Å². The van der Waals surface area contributed by atoms with Crippen molar-refractivity contribution >= 4 is 23.8 Å². The number of hydrogen-bond acceptors (Lipinski definition) is 6. The Morgan fingerprint density at radius 2 is 1.89 bits per heavy atom. The van der Waals surface area contributed by atoms with E-state index in [1.807, 2.05) is 45.0 Å². The molecule has 1 aromatic carbocycles. The van der Waals surface area contributed by atoms with Crippen molar-refractivity contribution in [3.63, 3.8) is 0 Å². The molecule has 1 atom stereocenters. The second kappa shape index (κ2) is 8.87. The predicted octanol–water partition coefficient (Wildman–Crippen LogP) is 4.12. The Morgan fingerprint density at radius 1 is 1.22 bits per heavy atom. The Hall–Kier alpha value is -1.89. The summed E-state index contributed by atoms with van der Waals surface area (Å²) >= 11 is 1.44. The third-order valence-corrected chi connectivity index (χ3v) is 5.53. The van der Waals surface area contributed by atoms with Gasteiger partial charge in [-0.25, -0.2) is 4.79 Å². The zero-order valence-electron chi connectivity index (χ0n) is 16.7. The highest BCUT2D eigenvalue weighted by Gasteiger charge is 2.46. The van der Waals surface area contributed by atoms with Crippen molar-refractivity contribution in [2.45, 2.75) is 55.8 Å². The Kier molecular flexibility index (Phi) is 7.03. The van der Waals surface area contributed by atoms with Gasteiger partial charge in [-0.15, -0.1) is 11.8 Å². The minimum absolute atomic E-state index is 0.261. The zero-order valence-corrected chi connectivity index (χ0v) is 17.6. The van der Waals surface area contributed by atoms with Gasteiger partial charge in [-0.2, -0.15) is 0 Å². The average molecular weight is 396 g/mol. The van der Waals surface area contributed by atoms with Crippen LogP contribution in [0.25, 0.3) is 0 Å². The van der Waals surface area contributed by atoms with Crippen molar-refractivity contribution in [2.75, 3.05) is 26.8 Å². The number of hydrogen-bond donors (Lipinski definition) is 0. The smallest absolute Gasteiger partial charge is 0.410 e. The summed E-state index contributed by atoms with van der Waals surface area (Å²) < 4.78 is 15.2. The molecule has 1 fully saturated rings. The molecule has 1 aliphatic rings. The summed E-state index contributed by atoms with van der Waals surface area (Å²) in [5, 5.41) is 0. The van der Waals surface area contributed by atoms with Crippen molar-refractivity contribution in [1.82, 2.24) is 4.90 Å². The largest absolute Gasteiger partial charge is 0.497 e. The van der Waals surface area contributed by atoms with Crippen LogP contribution in [0, 0.1) is 0 Å². The molecule has 0 aliphatic carbocycles. The summed E-state index contributed by atoms with van der Waals surface area (Å²) in [6.45, 7) is 8.42. The van der Waals surface area contributed by atoms with Crippen LogP contribution in [0.1, 0.15) is 40.5 Å². The van der Waals surface area contributed by atoms with Crippen LogP contribution in [0.4, 0.5) is 4.79 Å². The van der Waals surface area contributed by atoms with Crippen LogP contribution in [0.5, 0.6) is 5.75 Å². The van der Waals surface area contributed by atoms with Gasteiger partial charge in [0.2, 0.25) is 0 Å². The Balaban J connectivity index is 2.24. The number of benzene rings is 1. The molecule has 150 valence electrons. The summed E-state index contributed by atoms with van der Waals surface area (Å²) in [5.74, 6) is 0.461. The molecule has 1 amide bonds. The Labute approximate surface area is 165 Å². The molecule has 0 N–H and O–H groups in total. The van der Waals surface area contributed by atoms with Gasteiger partial charge in [-0.05, 0) is 64.8 Å². The van der Waals surface area contributed by atoms with Crippen molar-refractivity contribution in [3.8, 4) is 5.75 Å². The van der Waals surface area contributed by atoms with E-state index >= 15 is 0 Å². The van der Waals surface area contributed by atoms with E-state index < -0.39 is 16.4 Å². The number of likely N-dealkylation sites (tertiary alicyclic amines) is 1. The summed E-state index contributed by atoms with van der Waals surface area (Å²) in [6, 6.07) is 7.54. The van der Waals surface area contributed by atoms with E-state index in [-0.39, 0.29) is 12.5 Å². The number of ether oxygens (including phenoxy) is 3. The number of piperidine rings is 1. The fourth-order valence-electron chi connectivity index (χ4n) is 2.93. The topological polar surface area (TPSA) is 65.1 Å². The number of methoxy groups -OCH3 is 1. The minimum Gasteiger partial charge on any atom is -0.497 e. The van der Waals surface area contributed by atoms with Crippen molar-refractivity contribution in [3.05, 3.63) is 24.3 Å². The number of esters is 1. The fraction of sp³-hybridized carbons (Fsp3) is 0.600. The summed E-state index contributed by atoms with van der Waals surface area (Å²) in [5.41, 5.74) is -0.579.